The SMILES string of the molecule is CC(C)N1CCC[C@H]1[C@@H](C(N)=O)c1ccc(Cl)cc1. The minimum absolute atomic E-state index is 0.207. The van der Waals surface area contributed by atoms with Crippen molar-refractivity contribution >= 4 is 17.5 Å². The lowest BCUT2D eigenvalue weighted by Gasteiger charge is -2.33. The second-order valence-corrected chi connectivity index (χ2v) is 5.91. The van der Waals surface area contributed by atoms with Gasteiger partial charge >= 0.3 is 0 Å². The van der Waals surface area contributed by atoms with E-state index < -0.39 is 0 Å². The quantitative estimate of drug-likeness (QED) is 0.922. The lowest BCUT2D eigenvalue weighted by atomic mass is 9.89. The van der Waals surface area contributed by atoms with Crippen LogP contribution in [0.5, 0.6) is 0 Å². The van der Waals surface area contributed by atoms with Crippen molar-refractivity contribution in [1.82, 2.24) is 4.90 Å². The van der Waals surface area contributed by atoms with E-state index >= 15 is 0 Å². The predicted octanol–water partition coefficient (Wildman–Crippen LogP) is 2.78. The van der Waals surface area contributed by atoms with Gasteiger partial charge in [0.15, 0.2) is 0 Å². The highest BCUT2D eigenvalue weighted by atomic mass is 35.5. The van der Waals surface area contributed by atoms with Crippen molar-refractivity contribution in [2.75, 3.05) is 6.54 Å². The van der Waals surface area contributed by atoms with E-state index in [0.29, 0.717) is 11.1 Å². The summed E-state index contributed by atoms with van der Waals surface area (Å²) in [5, 5.41) is 0.680. The minimum Gasteiger partial charge on any atom is -0.369 e. The van der Waals surface area contributed by atoms with E-state index in [1.54, 1.807) is 0 Å². The standard InChI is InChI=1S/C15H21ClN2O/c1-10(2)18-9-3-4-13(18)14(15(17)19)11-5-7-12(16)8-6-11/h5-8,10,13-14H,3-4,9H2,1-2H3,(H2,17,19)/t13-,14-/m0/s1. The van der Waals surface area contributed by atoms with Crippen LogP contribution in [-0.4, -0.2) is 29.4 Å². The zero-order chi connectivity index (χ0) is 14.0. The van der Waals surface area contributed by atoms with Crippen LogP contribution in [0.4, 0.5) is 0 Å². The van der Waals surface area contributed by atoms with E-state index in [2.05, 4.69) is 18.7 Å². The van der Waals surface area contributed by atoms with Crippen LogP contribution in [0.1, 0.15) is 38.2 Å². The first-order valence-corrected chi connectivity index (χ1v) is 7.19. The Kier molecular flexibility index (Phi) is 4.48. The summed E-state index contributed by atoms with van der Waals surface area (Å²) in [4.78, 5) is 14.3. The number of carbonyl (C=O) groups excluding carboxylic acids is 1. The smallest absolute Gasteiger partial charge is 0.226 e. The molecular weight excluding hydrogens is 260 g/mol. The number of likely N-dealkylation sites (tertiary alicyclic amines) is 1. The van der Waals surface area contributed by atoms with Gasteiger partial charge in [-0.05, 0) is 50.9 Å². The Bertz CT molecular complexity index is 444. The first kappa shape index (κ1) is 14.4. The second kappa shape index (κ2) is 5.93. The van der Waals surface area contributed by atoms with Gasteiger partial charge < -0.3 is 5.73 Å². The highest BCUT2D eigenvalue weighted by Gasteiger charge is 2.36. The van der Waals surface area contributed by atoms with Gasteiger partial charge in [-0.3, -0.25) is 9.69 Å². The topological polar surface area (TPSA) is 46.3 Å². The summed E-state index contributed by atoms with van der Waals surface area (Å²) in [7, 11) is 0. The van der Waals surface area contributed by atoms with Crippen molar-refractivity contribution in [1.29, 1.82) is 0 Å². The normalized spacial score (nSPS) is 21.8. The third-order valence-electron chi connectivity index (χ3n) is 3.93. The predicted molar refractivity (Wildman–Crippen MR) is 78.3 cm³/mol. The molecule has 2 N–H and O–H groups in total. The van der Waals surface area contributed by atoms with Crippen molar-refractivity contribution < 1.29 is 4.79 Å². The molecule has 0 unspecified atom stereocenters. The average molecular weight is 281 g/mol. The molecule has 1 fully saturated rings. The van der Waals surface area contributed by atoms with Gasteiger partial charge in [-0.2, -0.15) is 0 Å². The number of halogens is 1. The van der Waals surface area contributed by atoms with E-state index in [9.17, 15) is 4.79 Å². The molecule has 2 atom stereocenters. The Hall–Kier alpha value is -1.06. The van der Waals surface area contributed by atoms with Gasteiger partial charge in [0.1, 0.15) is 0 Å². The van der Waals surface area contributed by atoms with Crippen LogP contribution in [0.15, 0.2) is 24.3 Å². The molecule has 1 saturated heterocycles. The Labute approximate surface area is 119 Å². The number of hydrogen-bond donors (Lipinski definition) is 1. The lowest BCUT2D eigenvalue weighted by molar-refractivity contribution is -0.120. The summed E-state index contributed by atoms with van der Waals surface area (Å²) < 4.78 is 0. The van der Waals surface area contributed by atoms with E-state index in [4.69, 9.17) is 17.3 Å². The Morgan fingerprint density at radius 2 is 2.00 bits per heavy atom. The van der Waals surface area contributed by atoms with Crippen LogP contribution >= 0.6 is 11.6 Å². The third kappa shape index (κ3) is 3.10. The van der Waals surface area contributed by atoms with Crippen molar-refractivity contribution in [2.24, 2.45) is 5.73 Å². The van der Waals surface area contributed by atoms with Gasteiger partial charge in [0.05, 0.1) is 5.92 Å². The zero-order valence-electron chi connectivity index (χ0n) is 11.5. The summed E-state index contributed by atoms with van der Waals surface area (Å²) in [6, 6.07) is 8.10. The second-order valence-electron chi connectivity index (χ2n) is 5.47. The number of primary amides is 1. The molecule has 0 saturated carbocycles. The first-order chi connectivity index (χ1) is 9.00. The number of nitrogens with zero attached hydrogens (tertiary/aromatic N) is 1. The molecule has 4 heteroatoms. The van der Waals surface area contributed by atoms with Gasteiger partial charge in [-0.15, -0.1) is 0 Å². The van der Waals surface area contributed by atoms with Gasteiger partial charge in [-0.25, -0.2) is 0 Å². The van der Waals surface area contributed by atoms with Crippen molar-refractivity contribution in [3.05, 3.63) is 34.9 Å². The van der Waals surface area contributed by atoms with Crippen LogP contribution in [0.3, 0.4) is 0 Å². The maximum atomic E-state index is 11.9. The summed E-state index contributed by atoms with van der Waals surface area (Å²) in [5.41, 5.74) is 6.62. The molecule has 2 rings (SSSR count). The number of rotatable bonds is 4. The number of nitrogens with two attached hydrogens (primary N) is 1. The number of hydrogen-bond acceptors (Lipinski definition) is 2. The molecule has 1 amide bonds. The van der Waals surface area contributed by atoms with Crippen LogP contribution in [0.2, 0.25) is 5.02 Å². The Morgan fingerprint density at radius 1 is 1.37 bits per heavy atom. The Morgan fingerprint density at radius 3 is 2.53 bits per heavy atom. The van der Waals surface area contributed by atoms with Crippen LogP contribution in [-0.2, 0) is 4.79 Å². The van der Waals surface area contributed by atoms with Gasteiger partial charge in [0.25, 0.3) is 0 Å². The molecule has 0 aliphatic carbocycles. The highest BCUT2D eigenvalue weighted by molar-refractivity contribution is 6.30. The fourth-order valence-corrected chi connectivity index (χ4v) is 3.19. The minimum atomic E-state index is -0.250. The molecular formula is C15H21ClN2O. The molecule has 1 heterocycles. The molecule has 3 nitrogen and oxygen atoms in total. The van der Waals surface area contributed by atoms with E-state index in [1.165, 1.54) is 0 Å². The summed E-state index contributed by atoms with van der Waals surface area (Å²) in [6.45, 7) is 5.37. The number of amides is 1. The lowest BCUT2D eigenvalue weighted by Crippen LogP contribution is -2.43. The Balaban J connectivity index is 2.30. The van der Waals surface area contributed by atoms with Gasteiger partial charge in [0.2, 0.25) is 5.91 Å². The van der Waals surface area contributed by atoms with Crippen molar-refractivity contribution in [3.8, 4) is 0 Å². The van der Waals surface area contributed by atoms with Crippen LogP contribution < -0.4 is 5.73 Å². The van der Waals surface area contributed by atoms with Crippen LogP contribution in [0.25, 0.3) is 0 Å². The van der Waals surface area contributed by atoms with Crippen molar-refractivity contribution in [3.63, 3.8) is 0 Å². The zero-order valence-corrected chi connectivity index (χ0v) is 12.2. The molecule has 0 bridgehead atoms. The summed E-state index contributed by atoms with van der Waals surface area (Å²) in [5.74, 6) is -0.498. The number of carbonyl (C=O) groups is 1. The van der Waals surface area contributed by atoms with E-state index in [1.807, 2.05) is 24.3 Å². The van der Waals surface area contributed by atoms with E-state index in [-0.39, 0.29) is 17.9 Å². The summed E-state index contributed by atoms with van der Waals surface area (Å²) >= 11 is 5.91. The molecule has 1 aromatic carbocycles. The fraction of sp³-hybridized carbons (Fsp3) is 0.533. The van der Waals surface area contributed by atoms with Gasteiger partial charge in [0, 0.05) is 17.1 Å². The molecule has 0 spiro atoms. The molecule has 1 aliphatic rings. The molecule has 0 aromatic heterocycles. The molecule has 0 radical (unpaired) electrons. The van der Waals surface area contributed by atoms with E-state index in [0.717, 1.165) is 24.9 Å². The first-order valence-electron chi connectivity index (χ1n) is 6.81. The molecule has 1 aromatic rings. The van der Waals surface area contributed by atoms with Gasteiger partial charge in [-0.1, -0.05) is 23.7 Å². The number of benzene rings is 1. The molecule has 1 aliphatic heterocycles. The third-order valence-corrected chi connectivity index (χ3v) is 4.18. The fourth-order valence-electron chi connectivity index (χ4n) is 3.06. The summed E-state index contributed by atoms with van der Waals surface area (Å²) in [6.07, 6.45) is 2.15. The largest absolute Gasteiger partial charge is 0.369 e. The average Bonchev–Trinajstić information content (AvgIpc) is 2.80. The maximum absolute atomic E-state index is 11.9. The maximum Gasteiger partial charge on any atom is 0.226 e. The monoisotopic (exact) mass is 280 g/mol. The molecule has 104 valence electrons. The van der Waals surface area contributed by atoms with Crippen LogP contribution in [0, 0.1) is 0 Å². The molecule has 19 heavy (non-hydrogen) atoms. The van der Waals surface area contributed by atoms with Crippen molar-refractivity contribution in [2.45, 2.75) is 44.7 Å². The highest BCUT2D eigenvalue weighted by Crippen LogP contribution is 2.32.